The van der Waals surface area contributed by atoms with Gasteiger partial charge in [-0.1, -0.05) is 25.1 Å². The van der Waals surface area contributed by atoms with Gasteiger partial charge >= 0.3 is 0 Å². The summed E-state index contributed by atoms with van der Waals surface area (Å²) in [5.74, 6) is 0.425. The van der Waals surface area contributed by atoms with Gasteiger partial charge in [-0.25, -0.2) is 0 Å². The molecule has 0 spiro atoms. The van der Waals surface area contributed by atoms with Gasteiger partial charge in [0, 0.05) is 5.92 Å². The van der Waals surface area contributed by atoms with Crippen LogP contribution in [0, 0.1) is 5.92 Å². The Morgan fingerprint density at radius 3 is 2.78 bits per heavy atom. The number of para-hydroxylation sites is 1. The van der Waals surface area contributed by atoms with E-state index in [1.807, 2.05) is 39.0 Å². The van der Waals surface area contributed by atoms with Crippen molar-refractivity contribution in [1.29, 1.82) is 0 Å². The maximum atomic E-state index is 12.4. The summed E-state index contributed by atoms with van der Waals surface area (Å²) in [4.78, 5) is 26.2. The smallest absolute Gasteiger partial charge is 0.258 e. The molecule has 2 saturated heterocycles. The van der Waals surface area contributed by atoms with E-state index >= 15 is 0 Å². The molecule has 2 fully saturated rings. The molecule has 0 aromatic heterocycles. The van der Waals surface area contributed by atoms with Gasteiger partial charge in [-0.2, -0.15) is 0 Å². The Morgan fingerprint density at radius 2 is 2.09 bits per heavy atom. The third kappa shape index (κ3) is 2.91. The summed E-state index contributed by atoms with van der Waals surface area (Å²) in [7, 11) is 0. The summed E-state index contributed by atoms with van der Waals surface area (Å²) >= 11 is 0. The molecule has 23 heavy (non-hydrogen) atoms. The van der Waals surface area contributed by atoms with E-state index in [1.54, 1.807) is 17.0 Å². The molecule has 0 bridgehead atoms. The van der Waals surface area contributed by atoms with Crippen LogP contribution in [0.5, 0.6) is 5.75 Å². The van der Waals surface area contributed by atoms with Crippen LogP contribution in [0.15, 0.2) is 30.3 Å². The molecule has 6 heteroatoms. The monoisotopic (exact) mass is 318 g/mol. The summed E-state index contributed by atoms with van der Waals surface area (Å²) in [5.41, 5.74) is -0.615. The van der Waals surface area contributed by atoms with Crippen molar-refractivity contribution < 1.29 is 19.1 Å². The molecule has 1 aromatic rings. The maximum absolute atomic E-state index is 12.4. The van der Waals surface area contributed by atoms with Crippen LogP contribution in [0.4, 0.5) is 0 Å². The van der Waals surface area contributed by atoms with Crippen LogP contribution in [0.3, 0.4) is 0 Å². The van der Waals surface area contributed by atoms with Crippen molar-refractivity contribution in [3.05, 3.63) is 30.3 Å². The van der Waals surface area contributed by atoms with Crippen LogP contribution < -0.4 is 10.1 Å². The first-order valence-corrected chi connectivity index (χ1v) is 7.84. The second-order valence-electron chi connectivity index (χ2n) is 6.58. The number of hydrogen-bond acceptors (Lipinski definition) is 4. The molecule has 0 radical (unpaired) electrons. The summed E-state index contributed by atoms with van der Waals surface area (Å²) < 4.78 is 11.1. The van der Waals surface area contributed by atoms with Crippen LogP contribution >= 0.6 is 0 Å². The number of carbonyl (C=O) groups excluding carboxylic acids is 2. The van der Waals surface area contributed by atoms with Crippen LogP contribution in [-0.4, -0.2) is 47.7 Å². The molecule has 6 nitrogen and oxygen atoms in total. The fourth-order valence-electron chi connectivity index (χ4n) is 3.25. The van der Waals surface area contributed by atoms with Crippen molar-refractivity contribution in [3.8, 4) is 5.75 Å². The molecule has 0 saturated carbocycles. The molecule has 3 atom stereocenters. The van der Waals surface area contributed by atoms with Gasteiger partial charge in [0.15, 0.2) is 6.61 Å². The van der Waals surface area contributed by atoms with Crippen molar-refractivity contribution in [1.82, 2.24) is 10.2 Å². The summed E-state index contributed by atoms with van der Waals surface area (Å²) in [6.45, 7) is 6.25. The second-order valence-corrected chi connectivity index (χ2v) is 6.58. The Morgan fingerprint density at radius 1 is 1.39 bits per heavy atom. The lowest BCUT2D eigenvalue weighted by molar-refractivity contribution is -0.240. The van der Waals surface area contributed by atoms with Gasteiger partial charge in [-0.05, 0) is 26.0 Å². The largest absolute Gasteiger partial charge is 0.484 e. The quantitative estimate of drug-likeness (QED) is 0.846. The zero-order valence-electron chi connectivity index (χ0n) is 13.6. The maximum Gasteiger partial charge on any atom is 0.258 e. The van der Waals surface area contributed by atoms with Gasteiger partial charge in [0.25, 0.3) is 5.91 Å². The van der Waals surface area contributed by atoms with E-state index in [2.05, 4.69) is 5.32 Å². The number of benzene rings is 1. The van der Waals surface area contributed by atoms with Crippen molar-refractivity contribution in [3.63, 3.8) is 0 Å². The molecule has 0 unspecified atom stereocenters. The number of β-lactam (4-membered cyclic amide) rings is 1. The molecule has 2 aliphatic heterocycles. The molecule has 1 aromatic carbocycles. The minimum atomic E-state index is -0.615. The van der Waals surface area contributed by atoms with E-state index in [4.69, 9.17) is 9.47 Å². The Kier molecular flexibility index (Phi) is 4.02. The fourth-order valence-corrected chi connectivity index (χ4v) is 3.25. The third-order valence-electron chi connectivity index (χ3n) is 4.44. The number of fused-ring (bicyclic) bond motifs is 1. The number of hydrogen-bond donors (Lipinski definition) is 1. The van der Waals surface area contributed by atoms with Gasteiger partial charge in [0.2, 0.25) is 5.91 Å². The van der Waals surface area contributed by atoms with Crippen LogP contribution in [0.1, 0.15) is 20.8 Å². The average Bonchev–Trinajstić information content (AvgIpc) is 2.53. The van der Waals surface area contributed by atoms with Gasteiger partial charge in [-0.15, -0.1) is 0 Å². The number of rotatable bonds is 4. The highest BCUT2D eigenvalue weighted by Crippen LogP contribution is 2.39. The minimum absolute atomic E-state index is 0.0214. The number of nitrogens with zero attached hydrogens (tertiary/aromatic N) is 1. The normalized spacial score (nSPS) is 28.6. The Hall–Kier alpha value is -2.08. The second kappa shape index (κ2) is 5.85. The molecule has 3 rings (SSSR count). The van der Waals surface area contributed by atoms with Crippen molar-refractivity contribution >= 4 is 11.8 Å². The highest BCUT2D eigenvalue weighted by atomic mass is 16.5. The first kappa shape index (κ1) is 15.8. The average molecular weight is 318 g/mol. The van der Waals surface area contributed by atoms with Gasteiger partial charge in [0.1, 0.15) is 17.5 Å². The third-order valence-corrected chi connectivity index (χ3v) is 4.44. The predicted molar refractivity (Wildman–Crippen MR) is 83.7 cm³/mol. The fraction of sp³-hybridized carbons (Fsp3) is 0.529. The number of nitrogens with one attached hydrogen (secondary N) is 1. The molecule has 124 valence electrons. The van der Waals surface area contributed by atoms with E-state index in [0.717, 1.165) is 0 Å². The van der Waals surface area contributed by atoms with Crippen molar-refractivity contribution in [2.45, 2.75) is 38.6 Å². The number of ether oxygens (including phenoxy) is 2. The van der Waals surface area contributed by atoms with Crippen molar-refractivity contribution in [2.24, 2.45) is 5.92 Å². The zero-order valence-corrected chi connectivity index (χ0v) is 13.6. The predicted octanol–water partition coefficient (Wildman–Crippen LogP) is 1.16. The van der Waals surface area contributed by atoms with Crippen molar-refractivity contribution in [2.75, 3.05) is 13.2 Å². The Labute approximate surface area is 135 Å². The van der Waals surface area contributed by atoms with E-state index in [-0.39, 0.29) is 30.4 Å². The van der Waals surface area contributed by atoms with E-state index in [1.165, 1.54) is 0 Å². The molecule has 2 heterocycles. The van der Waals surface area contributed by atoms with Crippen LogP contribution in [-0.2, 0) is 14.3 Å². The van der Waals surface area contributed by atoms with E-state index < -0.39 is 11.8 Å². The molecular formula is C17H22N2O4. The standard InChI is InChI=1S/C17H22N2O4/c1-11-9-23-17(2,3)19-15(11)14(16(19)21)18-13(20)10-22-12-7-5-4-6-8-12/h4-8,11,14-15H,9-10H2,1-3H3,(H,18,20)/t11-,14+,15+/m0/s1/i17+0. The van der Waals surface area contributed by atoms with Crippen LogP contribution in [0.25, 0.3) is 0 Å². The van der Waals surface area contributed by atoms with Gasteiger partial charge < -0.3 is 19.7 Å². The highest BCUT2D eigenvalue weighted by Gasteiger charge is 2.58. The number of carbonyl (C=O) groups is 2. The summed E-state index contributed by atoms with van der Waals surface area (Å²) in [6.07, 6.45) is 0. The lowest BCUT2D eigenvalue weighted by Gasteiger charge is -2.59. The topological polar surface area (TPSA) is 67.9 Å². The molecular weight excluding hydrogens is 296 g/mol. The van der Waals surface area contributed by atoms with E-state index in [0.29, 0.717) is 12.4 Å². The van der Waals surface area contributed by atoms with Gasteiger partial charge in [0.05, 0.1) is 12.6 Å². The molecule has 2 aliphatic rings. The molecule has 0 aliphatic carbocycles. The first-order chi connectivity index (χ1) is 10.9. The number of amides is 2. The minimum Gasteiger partial charge on any atom is -0.484 e. The Bertz CT molecular complexity index is 602. The lowest BCUT2D eigenvalue weighted by atomic mass is 9.81. The zero-order chi connectivity index (χ0) is 16.6. The van der Waals surface area contributed by atoms with Crippen LogP contribution in [0.2, 0.25) is 0 Å². The summed E-state index contributed by atoms with van der Waals surface area (Å²) in [6, 6.07) is 8.62. The Balaban J connectivity index is 1.58. The van der Waals surface area contributed by atoms with E-state index in [9.17, 15) is 9.59 Å². The first-order valence-electron chi connectivity index (χ1n) is 7.84. The highest BCUT2D eigenvalue weighted by molar-refractivity contribution is 5.94. The SMILES string of the molecule is C[C@H]1CO[12C](C)(C)N2C(=O)[C@H](NC(=O)COc3ccccc3)[C@@H]12. The molecule has 1 N–H and O–H groups in total. The lowest BCUT2D eigenvalue weighted by Crippen LogP contribution is -2.80. The van der Waals surface area contributed by atoms with Gasteiger partial charge in [-0.3, -0.25) is 9.59 Å². The summed E-state index contributed by atoms with van der Waals surface area (Å²) in [5, 5.41) is 2.79. The molecule has 2 amide bonds.